The molecule has 4 aliphatic rings. The molecule has 2 nitrogen and oxygen atoms in total. The highest BCUT2D eigenvalue weighted by atomic mass is 16.3. The molecule has 8 atom stereocenters. The van der Waals surface area contributed by atoms with Crippen molar-refractivity contribution in [3.8, 4) is 0 Å². The molecular weight excluding hydrogens is 320 g/mol. The first kappa shape index (κ1) is 21.9. The van der Waals surface area contributed by atoms with Crippen LogP contribution in [0.3, 0.4) is 0 Å². The highest BCUT2D eigenvalue weighted by Crippen LogP contribution is 2.67. The van der Waals surface area contributed by atoms with Gasteiger partial charge in [-0.15, -0.1) is 0 Å². The third-order valence-corrected chi connectivity index (χ3v) is 8.88. The van der Waals surface area contributed by atoms with Gasteiger partial charge < -0.3 is 9.90 Å². The molecule has 4 saturated carbocycles. The largest absolute Gasteiger partial charge is 0.393 e. The van der Waals surface area contributed by atoms with Crippen LogP contribution in [0.5, 0.6) is 0 Å². The normalized spacial score (nSPS) is 49.2. The van der Waals surface area contributed by atoms with Crippen molar-refractivity contribution < 1.29 is 9.90 Å². The number of aldehydes is 1. The molecule has 0 heterocycles. The van der Waals surface area contributed by atoms with Crippen LogP contribution in [-0.2, 0) is 4.79 Å². The zero-order valence-corrected chi connectivity index (χ0v) is 18.3. The van der Waals surface area contributed by atoms with Crippen LogP contribution in [0.4, 0.5) is 0 Å². The van der Waals surface area contributed by atoms with Gasteiger partial charge in [0.05, 0.1) is 6.10 Å². The summed E-state index contributed by atoms with van der Waals surface area (Å²) in [7, 11) is 0. The first-order valence-electron chi connectivity index (χ1n) is 11.6. The lowest BCUT2D eigenvalue weighted by molar-refractivity contribution is -0.133. The first-order valence-corrected chi connectivity index (χ1v) is 11.6. The number of hydrogen-bond acceptors (Lipinski definition) is 2. The SMILES string of the molecule is CC.CC.CC12CCC3C(CCC4CC(O)CCC43C)C1CCC2C=O. The monoisotopic (exact) mass is 364 g/mol. The van der Waals surface area contributed by atoms with Crippen molar-refractivity contribution in [2.75, 3.05) is 0 Å². The third-order valence-electron chi connectivity index (χ3n) is 8.88. The number of carbonyl (C=O) groups is 1. The van der Waals surface area contributed by atoms with Crippen molar-refractivity contribution in [3.05, 3.63) is 0 Å². The Morgan fingerprint density at radius 3 is 2.08 bits per heavy atom. The predicted octanol–water partition coefficient (Wildman–Crippen LogP) is 6.26. The van der Waals surface area contributed by atoms with E-state index in [2.05, 4.69) is 13.8 Å². The maximum atomic E-state index is 11.5. The van der Waals surface area contributed by atoms with Crippen LogP contribution in [0, 0.1) is 40.4 Å². The first-order chi connectivity index (χ1) is 12.5. The molecule has 0 bridgehead atoms. The molecule has 0 spiro atoms. The van der Waals surface area contributed by atoms with E-state index in [1.807, 2.05) is 27.7 Å². The molecule has 1 N–H and O–H groups in total. The van der Waals surface area contributed by atoms with Crippen molar-refractivity contribution in [3.63, 3.8) is 0 Å². The number of aliphatic hydroxyl groups is 1. The lowest BCUT2D eigenvalue weighted by atomic mass is 9.45. The molecule has 26 heavy (non-hydrogen) atoms. The minimum absolute atomic E-state index is 0.0468. The summed E-state index contributed by atoms with van der Waals surface area (Å²) in [6, 6.07) is 0. The Kier molecular flexibility index (Phi) is 7.38. The molecule has 2 heteroatoms. The average Bonchev–Trinajstić information content (AvgIpc) is 3.02. The predicted molar refractivity (Wildman–Crippen MR) is 110 cm³/mol. The zero-order valence-electron chi connectivity index (χ0n) is 18.3. The van der Waals surface area contributed by atoms with Crippen LogP contribution in [0.25, 0.3) is 0 Å². The summed E-state index contributed by atoms with van der Waals surface area (Å²) in [5.74, 6) is 3.54. The standard InChI is InChI=1S/C20H32O2.2C2H6/c1-19-9-7-15(22)11-13(19)3-5-16-17-6-4-14(12-21)20(17,2)10-8-18(16)19;2*1-2/h12-18,22H,3-11H2,1-2H3;2*1-2H3. The minimum atomic E-state index is -0.0468. The van der Waals surface area contributed by atoms with Crippen molar-refractivity contribution >= 4 is 6.29 Å². The Hall–Kier alpha value is -0.370. The molecule has 4 aliphatic carbocycles. The van der Waals surface area contributed by atoms with E-state index in [1.54, 1.807) is 0 Å². The van der Waals surface area contributed by atoms with E-state index < -0.39 is 0 Å². The van der Waals surface area contributed by atoms with E-state index >= 15 is 0 Å². The van der Waals surface area contributed by atoms with Crippen molar-refractivity contribution in [1.82, 2.24) is 0 Å². The van der Waals surface area contributed by atoms with Gasteiger partial charge in [-0.1, -0.05) is 41.5 Å². The summed E-state index contributed by atoms with van der Waals surface area (Å²) in [6.07, 6.45) is 12.2. The molecule has 0 amide bonds. The fourth-order valence-electron chi connectivity index (χ4n) is 7.50. The molecule has 8 unspecified atom stereocenters. The van der Waals surface area contributed by atoms with E-state index in [4.69, 9.17) is 0 Å². The highest BCUT2D eigenvalue weighted by Gasteiger charge is 2.60. The number of hydrogen-bond donors (Lipinski definition) is 1. The third kappa shape index (κ3) is 3.40. The van der Waals surface area contributed by atoms with Gasteiger partial charge in [0.25, 0.3) is 0 Å². The number of carbonyl (C=O) groups excluding carboxylic acids is 1. The van der Waals surface area contributed by atoms with Crippen LogP contribution in [-0.4, -0.2) is 17.5 Å². The van der Waals surface area contributed by atoms with Crippen LogP contribution in [0.15, 0.2) is 0 Å². The summed E-state index contributed by atoms with van der Waals surface area (Å²) in [5.41, 5.74) is 0.753. The van der Waals surface area contributed by atoms with E-state index in [0.29, 0.717) is 16.7 Å². The van der Waals surface area contributed by atoms with Crippen LogP contribution < -0.4 is 0 Å². The molecule has 4 rings (SSSR count). The molecule has 4 fully saturated rings. The smallest absolute Gasteiger partial charge is 0.123 e. The van der Waals surface area contributed by atoms with Gasteiger partial charge in [-0.05, 0) is 92.3 Å². The Balaban J connectivity index is 0.000000570. The van der Waals surface area contributed by atoms with Gasteiger partial charge in [0, 0.05) is 5.92 Å². The van der Waals surface area contributed by atoms with Gasteiger partial charge in [-0.25, -0.2) is 0 Å². The zero-order chi connectivity index (χ0) is 19.5. The molecule has 0 saturated heterocycles. The summed E-state index contributed by atoms with van der Waals surface area (Å²) >= 11 is 0. The minimum Gasteiger partial charge on any atom is -0.393 e. The maximum Gasteiger partial charge on any atom is 0.123 e. The van der Waals surface area contributed by atoms with Crippen molar-refractivity contribution in [2.24, 2.45) is 40.4 Å². The Bertz CT molecular complexity index is 461. The lowest BCUT2D eigenvalue weighted by Crippen LogP contribution is -2.54. The van der Waals surface area contributed by atoms with Crippen molar-refractivity contribution in [2.45, 2.75) is 105 Å². The van der Waals surface area contributed by atoms with E-state index in [0.717, 1.165) is 42.9 Å². The van der Waals surface area contributed by atoms with E-state index in [1.165, 1.54) is 44.8 Å². The van der Waals surface area contributed by atoms with Crippen molar-refractivity contribution in [1.29, 1.82) is 0 Å². The van der Waals surface area contributed by atoms with Gasteiger partial charge >= 0.3 is 0 Å². The second-order valence-electron chi connectivity index (χ2n) is 9.45. The average molecular weight is 365 g/mol. The van der Waals surface area contributed by atoms with Crippen LogP contribution >= 0.6 is 0 Å². The number of fused-ring (bicyclic) bond motifs is 5. The molecule has 0 aromatic carbocycles. The van der Waals surface area contributed by atoms with Gasteiger partial charge in [0.15, 0.2) is 0 Å². The summed E-state index contributed by atoms with van der Waals surface area (Å²) in [6.45, 7) is 13.0. The van der Waals surface area contributed by atoms with Gasteiger partial charge in [0.2, 0.25) is 0 Å². The molecule has 152 valence electrons. The summed E-state index contributed by atoms with van der Waals surface area (Å²) in [4.78, 5) is 11.5. The quantitative estimate of drug-likeness (QED) is 0.558. The molecule has 0 aromatic rings. The second kappa shape index (κ2) is 8.76. The fraction of sp³-hybridized carbons (Fsp3) is 0.958. The summed E-state index contributed by atoms with van der Waals surface area (Å²) in [5, 5.41) is 10.1. The van der Waals surface area contributed by atoms with Gasteiger partial charge in [-0.3, -0.25) is 0 Å². The topological polar surface area (TPSA) is 37.3 Å². The maximum absolute atomic E-state index is 11.5. The Morgan fingerprint density at radius 1 is 0.808 bits per heavy atom. The van der Waals surface area contributed by atoms with E-state index in [-0.39, 0.29) is 6.10 Å². The van der Waals surface area contributed by atoms with Crippen LogP contribution in [0.1, 0.15) is 99.3 Å². The fourth-order valence-corrected chi connectivity index (χ4v) is 7.50. The lowest BCUT2D eigenvalue weighted by Gasteiger charge is -2.60. The summed E-state index contributed by atoms with van der Waals surface area (Å²) < 4.78 is 0. The molecule has 0 aliphatic heterocycles. The second-order valence-corrected chi connectivity index (χ2v) is 9.45. The molecule has 0 radical (unpaired) electrons. The molecular formula is C24H44O2. The van der Waals surface area contributed by atoms with Crippen LogP contribution in [0.2, 0.25) is 0 Å². The number of aliphatic hydroxyl groups excluding tert-OH is 1. The Morgan fingerprint density at radius 2 is 1.42 bits per heavy atom. The van der Waals surface area contributed by atoms with Gasteiger partial charge in [-0.2, -0.15) is 0 Å². The van der Waals surface area contributed by atoms with E-state index in [9.17, 15) is 9.90 Å². The highest BCUT2D eigenvalue weighted by molar-refractivity contribution is 5.56. The Labute approximate surface area is 162 Å². The van der Waals surface area contributed by atoms with Gasteiger partial charge in [0.1, 0.15) is 6.29 Å². The molecule has 0 aromatic heterocycles. The number of rotatable bonds is 1.